The molecule has 0 unspecified atom stereocenters. The second-order valence-corrected chi connectivity index (χ2v) is 6.62. The second-order valence-electron chi connectivity index (χ2n) is 6.62. The summed E-state index contributed by atoms with van der Waals surface area (Å²) in [4.78, 5) is 33.3. The van der Waals surface area contributed by atoms with Gasteiger partial charge in [-0.1, -0.05) is 0 Å². The van der Waals surface area contributed by atoms with Gasteiger partial charge in [0.25, 0.3) is 0 Å². The van der Waals surface area contributed by atoms with Crippen LogP contribution in [0.1, 0.15) is 48.8 Å². The number of aryl methyl sites for hydroxylation is 2. The van der Waals surface area contributed by atoms with E-state index < -0.39 is 0 Å². The Kier molecular flexibility index (Phi) is 5.82. The number of rotatable bonds is 7. The maximum absolute atomic E-state index is 12.4. The Hall–Kier alpha value is -3.09. The minimum atomic E-state index is -0.297. The van der Waals surface area contributed by atoms with Gasteiger partial charge in [0.05, 0.1) is 12.8 Å². The number of nitrogens with zero attached hydrogens (tertiary/aromatic N) is 4. The third-order valence-electron chi connectivity index (χ3n) is 4.57. The first-order valence-electron chi connectivity index (χ1n) is 9.43. The molecule has 146 valence electrons. The first-order chi connectivity index (χ1) is 13.5. The van der Waals surface area contributed by atoms with Gasteiger partial charge in [-0.2, -0.15) is 5.10 Å². The van der Waals surface area contributed by atoms with Gasteiger partial charge in [-0.25, -0.2) is 9.67 Å². The number of carbonyl (C=O) groups excluding carboxylic acids is 2. The second kappa shape index (κ2) is 8.29. The van der Waals surface area contributed by atoms with E-state index in [1.165, 1.54) is 6.92 Å². The molecule has 0 amide bonds. The van der Waals surface area contributed by atoms with Crippen molar-refractivity contribution in [3.8, 4) is 11.1 Å². The molecule has 3 aromatic rings. The van der Waals surface area contributed by atoms with E-state index in [4.69, 9.17) is 4.74 Å². The standard InChI is InChI=1S/C21H24N4O3/c1-5-25-21-17(12-23-25)19(15-9-13(3)10-22-11-15)16(20(24-21)14(4)26)7-8-18(27)28-6-2/h9-12H,5-8H2,1-4H3. The van der Waals surface area contributed by atoms with E-state index in [0.29, 0.717) is 30.9 Å². The average molecular weight is 380 g/mol. The number of pyridine rings is 2. The van der Waals surface area contributed by atoms with Gasteiger partial charge in [-0.05, 0) is 44.4 Å². The zero-order chi connectivity index (χ0) is 20.3. The van der Waals surface area contributed by atoms with Gasteiger partial charge in [-0.3, -0.25) is 14.6 Å². The maximum atomic E-state index is 12.4. The minimum Gasteiger partial charge on any atom is -0.466 e. The molecule has 0 aliphatic rings. The maximum Gasteiger partial charge on any atom is 0.306 e. The first kappa shape index (κ1) is 19.7. The van der Waals surface area contributed by atoms with Crippen molar-refractivity contribution in [3.63, 3.8) is 0 Å². The number of ketones is 1. The van der Waals surface area contributed by atoms with E-state index >= 15 is 0 Å². The number of esters is 1. The normalized spacial score (nSPS) is 11.0. The monoisotopic (exact) mass is 380 g/mol. The molecule has 0 spiro atoms. The van der Waals surface area contributed by atoms with Crippen LogP contribution in [0.15, 0.2) is 24.7 Å². The van der Waals surface area contributed by atoms with Gasteiger partial charge < -0.3 is 4.74 Å². The van der Waals surface area contributed by atoms with E-state index in [9.17, 15) is 9.59 Å². The Balaban J connectivity index is 2.27. The summed E-state index contributed by atoms with van der Waals surface area (Å²) in [6, 6.07) is 2.02. The lowest BCUT2D eigenvalue weighted by atomic mass is 9.92. The van der Waals surface area contributed by atoms with Gasteiger partial charge in [0, 0.05) is 48.8 Å². The van der Waals surface area contributed by atoms with Crippen molar-refractivity contribution < 1.29 is 14.3 Å². The molecule has 0 aliphatic carbocycles. The lowest BCUT2D eigenvalue weighted by molar-refractivity contribution is -0.143. The molecule has 0 atom stereocenters. The molecule has 0 radical (unpaired) electrons. The molecule has 0 aromatic carbocycles. The van der Waals surface area contributed by atoms with E-state index in [-0.39, 0.29) is 18.2 Å². The molecule has 3 heterocycles. The van der Waals surface area contributed by atoms with Gasteiger partial charge >= 0.3 is 5.97 Å². The Bertz CT molecular complexity index is 1040. The SMILES string of the molecule is CCOC(=O)CCc1c(C(C)=O)nc2c(cnn2CC)c1-c1cncc(C)c1. The zero-order valence-electron chi connectivity index (χ0n) is 16.7. The third kappa shape index (κ3) is 3.78. The highest BCUT2D eigenvalue weighted by Gasteiger charge is 2.22. The number of hydrogen-bond donors (Lipinski definition) is 0. The number of ether oxygens (including phenoxy) is 1. The molecule has 0 saturated carbocycles. The van der Waals surface area contributed by atoms with Gasteiger partial charge in [-0.15, -0.1) is 0 Å². The highest BCUT2D eigenvalue weighted by Crippen LogP contribution is 2.34. The lowest BCUT2D eigenvalue weighted by Crippen LogP contribution is -2.11. The van der Waals surface area contributed by atoms with E-state index in [2.05, 4.69) is 15.1 Å². The van der Waals surface area contributed by atoms with Gasteiger partial charge in [0.15, 0.2) is 11.4 Å². The van der Waals surface area contributed by atoms with E-state index in [1.807, 2.05) is 19.9 Å². The summed E-state index contributed by atoms with van der Waals surface area (Å²) >= 11 is 0. The van der Waals surface area contributed by atoms with Crippen LogP contribution < -0.4 is 0 Å². The fraction of sp³-hybridized carbons (Fsp3) is 0.381. The van der Waals surface area contributed by atoms with E-state index in [1.54, 1.807) is 30.2 Å². The predicted octanol–water partition coefficient (Wildman–Crippen LogP) is 3.52. The van der Waals surface area contributed by atoms with Crippen LogP contribution in [0.3, 0.4) is 0 Å². The number of Topliss-reactive ketones (excluding diaryl/α,β-unsaturated/α-hetero) is 1. The van der Waals surface area contributed by atoms with Crippen LogP contribution >= 0.6 is 0 Å². The molecule has 28 heavy (non-hydrogen) atoms. The highest BCUT2D eigenvalue weighted by molar-refractivity contribution is 6.03. The van der Waals surface area contributed by atoms with Crippen molar-refractivity contribution in [2.75, 3.05) is 6.61 Å². The van der Waals surface area contributed by atoms with Crippen molar-refractivity contribution in [3.05, 3.63) is 41.5 Å². The molecule has 0 aliphatic heterocycles. The summed E-state index contributed by atoms with van der Waals surface area (Å²) in [6.45, 7) is 8.18. The van der Waals surface area contributed by atoms with Crippen molar-refractivity contribution in [1.82, 2.24) is 19.7 Å². The predicted molar refractivity (Wildman–Crippen MR) is 106 cm³/mol. The Morgan fingerprint density at radius 2 is 1.96 bits per heavy atom. The molecule has 7 nitrogen and oxygen atoms in total. The Morgan fingerprint density at radius 1 is 1.18 bits per heavy atom. The Labute approximate surface area is 163 Å². The molecular formula is C21H24N4O3. The quantitative estimate of drug-likeness (QED) is 0.460. The fourth-order valence-corrected chi connectivity index (χ4v) is 3.38. The van der Waals surface area contributed by atoms with Crippen LogP contribution in [-0.4, -0.2) is 38.1 Å². The smallest absolute Gasteiger partial charge is 0.306 e. The number of fused-ring (bicyclic) bond motifs is 1. The van der Waals surface area contributed by atoms with Crippen LogP contribution in [0.5, 0.6) is 0 Å². The summed E-state index contributed by atoms with van der Waals surface area (Å²) in [5.41, 5.74) is 4.49. The van der Waals surface area contributed by atoms with Gasteiger partial charge in [0.2, 0.25) is 0 Å². The third-order valence-corrected chi connectivity index (χ3v) is 4.57. The van der Waals surface area contributed by atoms with Crippen LogP contribution in [0.2, 0.25) is 0 Å². The van der Waals surface area contributed by atoms with Crippen LogP contribution in [0.4, 0.5) is 0 Å². The topological polar surface area (TPSA) is 87.0 Å². The van der Waals surface area contributed by atoms with Crippen LogP contribution in [0, 0.1) is 6.92 Å². The molecular weight excluding hydrogens is 356 g/mol. The van der Waals surface area contributed by atoms with Crippen LogP contribution in [0.25, 0.3) is 22.2 Å². The van der Waals surface area contributed by atoms with Crippen LogP contribution in [-0.2, 0) is 22.5 Å². The van der Waals surface area contributed by atoms with Crippen molar-refractivity contribution >= 4 is 22.8 Å². The fourth-order valence-electron chi connectivity index (χ4n) is 3.38. The molecule has 0 fully saturated rings. The summed E-state index contributed by atoms with van der Waals surface area (Å²) < 4.78 is 6.83. The summed E-state index contributed by atoms with van der Waals surface area (Å²) in [5.74, 6) is -0.443. The Morgan fingerprint density at radius 3 is 2.61 bits per heavy atom. The minimum absolute atomic E-state index is 0.147. The molecule has 0 N–H and O–H groups in total. The molecule has 7 heteroatoms. The first-order valence-corrected chi connectivity index (χ1v) is 9.43. The zero-order valence-corrected chi connectivity index (χ0v) is 16.7. The molecule has 3 rings (SSSR count). The van der Waals surface area contributed by atoms with Crippen molar-refractivity contribution in [2.24, 2.45) is 0 Å². The number of carbonyl (C=O) groups is 2. The largest absolute Gasteiger partial charge is 0.466 e. The van der Waals surface area contributed by atoms with Crippen molar-refractivity contribution in [1.29, 1.82) is 0 Å². The van der Waals surface area contributed by atoms with E-state index in [0.717, 1.165) is 27.6 Å². The summed E-state index contributed by atoms with van der Waals surface area (Å²) in [6.07, 6.45) is 5.85. The molecule has 0 bridgehead atoms. The highest BCUT2D eigenvalue weighted by atomic mass is 16.5. The lowest BCUT2D eigenvalue weighted by Gasteiger charge is -2.15. The molecule has 3 aromatic heterocycles. The number of aromatic nitrogens is 4. The van der Waals surface area contributed by atoms with Gasteiger partial charge in [0.1, 0.15) is 5.69 Å². The molecule has 0 saturated heterocycles. The van der Waals surface area contributed by atoms with Crippen molar-refractivity contribution in [2.45, 2.75) is 47.1 Å². The average Bonchev–Trinajstić information content (AvgIpc) is 3.08. The number of hydrogen-bond acceptors (Lipinski definition) is 6. The summed E-state index contributed by atoms with van der Waals surface area (Å²) in [7, 11) is 0. The summed E-state index contributed by atoms with van der Waals surface area (Å²) in [5, 5.41) is 5.26.